The van der Waals surface area contributed by atoms with E-state index in [9.17, 15) is 5.11 Å². The van der Waals surface area contributed by atoms with Crippen LogP contribution < -0.4 is 0 Å². The van der Waals surface area contributed by atoms with Gasteiger partial charge in [-0.05, 0) is 18.8 Å². The van der Waals surface area contributed by atoms with Crippen LogP contribution in [0.25, 0.3) is 0 Å². The summed E-state index contributed by atoms with van der Waals surface area (Å²) >= 11 is 0. The summed E-state index contributed by atoms with van der Waals surface area (Å²) in [5.41, 5.74) is 0.834. The first-order valence-corrected chi connectivity index (χ1v) is 5.21. The molecule has 0 spiro atoms. The second-order valence-electron chi connectivity index (χ2n) is 4.03. The lowest BCUT2D eigenvalue weighted by molar-refractivity contribution is 0.140. The second-order valence-corrected chi connectivity index (χ2v) is 4.03. The van der Waals surface area contributed by atoms with Crippen molar-refractivity contribution in [1.29, 1.82) is 0 Å². The average Bonchev–Trinajstić information content (AvgIpc) is 2.51. The molecular weight excluding hydrogens is 178 g/mol. The van der Waals surface area contributed by atoms with Crippen molar-refractivity contribution < 1.29 is 5.11 Å². The molecule has 1 atom stereocenters. The summed E-state index contributed by atoms with van der Waals surface area (Å²) < 4.78 is 1.78. The van der Waals surface area contributed by atoms with Crippen LogP contribution in [0.5, 0.6) is 0 Å². The number of hydrogen-bond donors (Lipinski definition) is 1. The lowest BCUT2D eigenvalue weighted by Gasteiger charge is -2.13. The van der Waals surface area contributed by atoms with Crippen molar-refractivity contribution in [3.05, 3.63) is 11.9 Å². The predicted octanol–water partition coefficient (Wildman–Crippen LogP) is 1.77. The topological polar surface area (TPSA) is 50.9 Å². The highest BCUT2D eigenvalue weighted by Gasteiger charge is 2.14. The van der Waals surface area contributed by atoms with Crippen LogP contribution in [0, 0.1) is 5.92 Å². The summed E-state index contributed by atoms with van der Waals surface area (Å²) in [5, 5.41) is 17.6. The number of hydrogen-bond acceptors (Lipinski definition) is 3. The Morgan fingerprint density at radius 2 is 2.21 bits per heavy atom. The first-order chi connectivity index (χ1) is 6.65. The zero-order chi connectivity index (χ0) is 10.6. The Morgan fingerprint density at radius 3 is 2.79 bits per heavy atom. The van der Waals surface area contributed by atoms with Crippen molar-refractivity contribution in [2.45, 2.75) is 46.3 Å². The van der Waals surface area contributed by atoms with E-state index in [1.807, 2.05) is 0 Å². The molecule has 1 rings (SSSR count). The Labute approximate surface area is 84.9 Å². The number of aliphatic hydroxyl groups is 1. The highest BCUT2D eigenvalue weighted by Crippen LogP contribution is 2.19. The van der Waals surface area contributed by atoms with Gasteiger partial charge in [0, 0.05) is 6.54 Å². The van der Waals surface area contributed by atoms with Gasteiger partial charge in [-0.3, -0.25) is 0 Å². The van der Waals surface area contributed by atoms with Gasteiger partial charge < -0.3 is 5.11 Å². The summed E-state index contributed by atoms with van der Waals surface area (Å²) in [4.78, 5) is 0. The highest BCUT2D eigenvalue weighted by molar-refractivity contribution is 4.98. The van der Waals surface area contributed by atoms with Gasteiger partial charge in [0.05, 0.1) is 18.0 Å². The van der Waals surface area contributed by atoms with Crippen LogP contribution in [0.4, 0.5) is 0 Å². The van der Waals surface area contributed by atoms with Crippen LogP contribution in [-0.4, -0.2) is 20.1 Å². The van der Waals surface area contributed by atoms with Gasteiger partial charge >= 0.3 is 0 Å². The fourth-order valence-electron chi connectivity index (χ4n) is 1.48. The van der Waals surface area contributed by atoms with Gasteiger partial charge in [0.1, 0.15) is 0 Å². The molecule has 0 bridgehead atoms. The summed E-state index contributed by atoms with van der Waals surface area (Å²) in [6.07, 6.45) is 2.99. The maximum Gasteiger partial charge on any atom is 0.0975 e. The third kappa shape index (κ3) is 2.80. The van der Waals surface area contributed by atoms with Gasteiger partial charge in [0.15, 0.2) is 0 Å². The Balaban J connectivity index is 2.68. The van der Waals surface area contributed by atoms with E-state index in [2.05, 4.69) is 31.1 Å². The van der Waals surface area contributed by atoms with E-state index in [4.69, 9.17) is 0 Å². The molecule has 0 amide bonds. The molecule has 4 nitrogen and oxygen atoms in total. The molecule has 1 heterocycles. The monoisotopic (exact) mass is 197 g/mol. The predicted molar refractivity (Wildman–Crippen MR) is 54.7 cm³/mol. The lowest BCUT2D eigenvalue weighted by Crippen LogP contribution is -2.10. The molecule has 4 heteroatoms. The highest BCUT2D eigenvalue weighted by atomic mass is 16.3. The van der Waals surface area contributed by atoms with E-state index >= 15 is 0 Å². The van der Waals surface area contributed by atoms with E-state index in [1.54, 1.807) is 10.9 Å². The van der Waals surface area contributed by atoms with Gasteiger partial charge in [-0.2, -0.15) is 0 Å². The molecule has 0 aliphatic heterocycles. The molecule has 0 saturated heterocycles. The van der Waals surface area contributed by atoms with E-state index in [0.717, 1.165) is 25.1 Å². The van der Waals surface area contributed by atoms with Crippen molar-refractivity contribution in [2.24, 2.45) is 5.92 Å². The molecule has 0 fully saturated rings. The van der Waals surface area contributed by atoms with Gasteiger partial charge in [0.25, 0.3) is 0 Å². The molecule has 1 aromatic heterocycles. The molecule has 1 N–H and O–H groups in total. The quantitative estimate of drug-likeness (QED) is 0.782. The van der Waals surface area contributed by atoms with Crippen LogP contribution in [0.1, 0.15) is 45.4 Å². The Kier molecular flexibility index (Phi) is 4.07. The van der Waals surface area contributed by atoms with Crippen LogP contribution in [-0.2, 0) is 6.54 Å². The summed E-state index contributed by atoms with van der Waals surface area (Å²) in [6, 6.07) is 0. The molecule has 0 saturated carbocycles. The molecule has 1 aromatic rings. The molecule has 1 unspecified atom stereocenters. The van der Waals surface area contributed by atoms with Gasteiger partial charge in [-0.25, -0.2) is 4.68 Å². The first kappa shape index (κ1) is 11.2. The van der Waals surface area contributed by atoms with Crippen LogP contribution in [0.2, 0.25) is 0 Å². The number of nitrogens with zero attached hydrogens (tertiary/aromatic N) is 3. The zero-order valence-electron chi connectivity index (χ0n) is 9.14. The minimum absolute atomic E-state index is 0.434. The Hall–Kier alpha value is -0.900. The van der Waals surface area contributed by atoms with Crippen molar-refractivity contribution in [3.63, 3.8) is 0 Å². The first-order valence-electron chi connectivity index (χ1n) is 5.21. The largest absolute Gasteiger partial charge is 0.387 e. The number of rotatable bonds is 5. The van der Waals surface area contributed by atoms with Gasteiger partial charge in [-0.15, -0.1) is 5.10 Å². The second kappa shape index (κ2) is 5.10. The van der Waals surface area contributed by atoms with E-state index in [1.165, 1.54) is 0 Å². The smallest absolute Gasteiger partial charge is 0.0975 e. The van der Waals surface area contributed by atoms with Gasteiger partial charge in [0.2, 0.25) is 0 Å². The fourth-order valence-corrected chi connectivity index (χ4v) is 1.48. The maximum atomic E-state index is 9.89. The lowest BCUT2D eigenvalue weighted by atomic mass is 10.0. The van der Waals surface area contributed by atoms with Crippen molar-refractivity contribution in [3.8, 4) is 0 Å². The van der Waals surface area contributed by atoms with Crippen molar-refractivity contribution >= 4 is 0 Å². The Morgan fingerprint density at radius 1 is 1.50 bits per heavy atom. The fraction of sp³-hybridized carbons (Fsp3) is 0.800. The van der Waals surface area contributed by atoms with Gasteiger partial charge in [-0.1, -0.05) is 26.0 Å². The number of aliphatic hydroxyl groups excluding tert-OH is 1. The summed E-state index contributed by atoms with van der Waals surface area (Å²) in [6.45, 7) is 7.10. The number of aryl methyl sites for hydroxylation is 1. The standard InChI is InChI=1S/C10H19N3O/c1-4-5-13-9(7-11-12-13)10(14)6-8(2)3/h7-8,10,14H,4-6H2,1-3H3. The molecule has 80 valence electrons. The van der Waals surface area contributed by atoms with Crippen LogP contribution in [0.15, 0.2) is 6.20 Å². The molecular formula is C10H19N3O. The minimum atomic E-state index is -0.434. The molecule has 14 heavy (non-hydrogen) atoms. The SMILES string of the molecule is CCCn1nncc1C(O)CC(C)C. The van der Waals surface area contributed by atoms with E-state index in [-0.39, 0.29) is 0 Å². The van der Waals surface area contributed by atoms with Crippen molar-refractivity contribution in [2.75, 3.05) is 0 Å². The van der Waals surface area contributed by atoms with Crippen LogP contribution in [0.3, 0.4) is 0 Å². The third-order valence-electron chi connectivity index (χ3n) is 2.12. The maximum absolute atomic E-state index is 9.89. The summed E-state index contributed by atoms with van der Waals surface area (Å²) in [5.74, 6) is 0.481. The zero-order valence-corrected chi connectivity index (χ0v) is 9.14. The minimum Gasteiger partial charge on any atom is -0.387 e. The summed E-state index contributed by atoms with van der Waals surface area (Å²) in [7, 11) is 0. The normalized spacial score (nSPS) is 13.5. The molecule has 0 aliphatic rings. The van der Waals surface area contributed by atoms with E-state index < -0.39 is 6.10 Å². The third-order valence-corrected chi connectivity index (χ3v) is 2.12. The molecule has 0 aromatic carbocycles. The Bertz CT molecular complexity index is 270. The molecule has 0 radical (unpaired) electrons. The molecule has 0 aliphatic carbocycles. The van der Waals surface area contributed by atoms with Crippen molar-refractivity contribution in [1.82, 2.24) is 15.0 Å². The number of aromatic nitrogens is 3. The van der Waals surface area contributed by atoms with Crippen LogP contribution >= 0.6 is 0 Å². The van der Waals surface area contributed by atoms with E-state index in [0.29, 0.717) is 5.92 Å². The average molecular weight is 197 g/mol.